The molecule has 0 aromatic heterocycles. The Morgan fingerprint density at radius 1 is 0.750 bits per heavy atom. The molecule has 0 aliphatic heterocycles. The molecule has 0 saturated heterocycles. The summed E-state index contributed by atoms with van der Waals surface area (Å²) in [6, 6.07) is 0. The average molecular weight is 389 g/mol. The first-order valence-corrected chi connectivity index (χ1v) is 0. The summed E-state index contributed by atoms with van der Waals surface area (Å²) in [6.45, 7) is 0. The second kappa shape index (κ2) is 17.9. The van der Waals surface area contributed by atoms with Crippen LogP contribution in [0.4, 0.5) is 0 Å². The van der Waals surface area contributed by atoms with Gasteiger partial charge in [-0.05, 0) is 0 Å². The molecule has 0 saturated carbocycles. The van der Waals surface area contributed by atoms with E-state index < -0.39 is 0 Å². The Morgan fingerprint density at radius 2 is 0.750 bits per heavy atom. The summed E-state index contributed by atoms with van der Waals surface area (Å²) >= 11 is 0. The predicted octanol–water partition coefficient (Wildman–Crippen LogP) is -0.388. The summed E-state index contributed by atoms with van der Waals surface area (Å²) in [5.41, 5.74) is 0. The van der Waals surface area contributed by atoms with Crippen LogP contribution < -0.4 is 0 Å². The van der Waals surface area contributed by atoms with E-state index in [1.165, 1.54) is 0 Å². The van der Waals surface area contributed by atoms with Crippen molar-refractivity contribution < 1.29 is 51.2 Å². The van der Waals surface area contributed by atoms with Crippen molar-refractivity contribution in [2.75, 3.05) is 0 Å². The molecule has 0 bridgehead atoms. The summed E-state index contributed by atoms with van der Waals surface area (Å²) in [7, 11) is 0. The van der Waals surface area contributed by atoms with E-state index in [4.69, 9.17) is 0 Å². The van der Waals surface area contributed by atoms with Crippen LogP contribution in [0.15, 0.2) is 0 Å². The van der Waals surface area contributed by atoms with E-state index >= 15 is 0 Å². The van der Waals surface area contributed by atoms with Crippen molar-refractivity contribution in [3.63, 3.8) is 0 Å². The van der Waals surface area contributed by atoms with E-state index in [0.717, 1.165) is 0 Å². The molecule has 29 valence electrons. The molecule has 0 aliphatic carbocycles. The number of hydrogen-bond acceptors (Lipinski definition) is 0. The van der Waals surface area contributed by atoms with Crippen molar-refractivity contribution in [2.45, 2.75) is 0 Å². The van der Waals surface area contributed by atoms with Gasteiger partial charge in [-0.25, -0.2) is 0 Å². The predicted molar refractivity (Wildman–Crippen MR) is 5.75 cm³/mol. The first-order valence-electron chi connectivity index (χ1n) is 0. The maximum Gasteiger partial charge on any atom is 2.00 e. The molecule has 0 fully saturated rings. The van der Waals surface area contributed by atoms with E-state index in [1.807, 2.05) is 0 Å². The molecule has 0 unspecified atom stereocenters. The minimum atomic E-state index is 0. The Labute approximate surface area is 77.4 Å². The van der Waals surface area contributed by atoms with Crippen molar-refractivity contribution in [1.29, 1.82) is 0 Å². The monoisotopic (exact) mass is 389 g/mol. The summed E-state index contributed by atoms with van der Waals surface area (Å²) in [4.78, 5) is 0. The molecule has 0 heterocycles. The van der Waals surface area contributed by atoms with E-state index in [2.05, 4.69) is 0 Å². The van der Waals surface area contributed by atoms with Crippen molar-refractivity contribution in [3.05, 3.63) is 0 Å². The largest absolute Gasteiger partial charge is 2.00 e. The molecule has 4 heteroatoms. The SMILES string of the molecule is [Cu+].[Cu+].[Mn+2].[Pb]. The third-order valence-electron chi connectivity index (χ3n) is 0. The average Bonchev–Trinajstić information content (AvgIpc) is 0. The Bertz CT molecular complexity index is 6.00. The molecule has 5 radical (unpaired) electrons. The van der Waals surface area contributed by atoms with Crippen LogP contribution in [0, 0.1) is 0 Å². The molecule has 0 N–H and O–H groups in total. The van der Waals surface area contributed by atoms with E-state index in [-0.39, 0.29) is 78.5 Å². The van der Waals surface area contributed by atoms with Crippen LogP contribution in [-0.4, -0.2) is 27.3 Å². The first kappa shape index (κ1) is 31.6. The zero-order valence-electron chi connectivity index (χ0n) is 1.48. The van der Waals surface area contributed by atoms with Crippen molar-refractivity contribution in [3.8, 4) is 0 Å². The maximum absolute atomic E-state index is 0. The fraction of sp³-hybridized carbons (Fsp3) is 0. The van der Waals surface area contributed by atoms with Crippen LogP contribution in [0.1, 0.15) is 0 Å². The molecule has 0 aromatic rings. The molecule has 4 heavy (non-hydrogen) atoms. The minimum Gasteiger partial charge on any atom is 0 e. The van der Waals surface area contributed by atoms with Gasteiger partial charge in [0.25, 0.3) is 0 Å². The van der Waals surface area contributed by atoms with Gasteiger partial charge in [0.1, 0.15) is 0 Å². The topological polar surface area (TPSA) is 0 Å². The van der Waals surface area contributed by atoms with E-state index in [0.29, 0.717) is 0 Å². The molecule has 0 atom stereocenters. The zero-order chi connectivity index (χ0) is 0. The normalized spacial score (nSPS) is 0. The molecule has 0 nitrogen and oxygen atoms in total. The van der Waals surface area contributed by atoms with Gasteiger partial charge in [0.2, 0.25) is 0 Å². The molecule has 0 spiro atoms. The molecule has 0 rings (SSSR count). The third kappa shape index (κ3) is 8.82. The fourth-order valence-electron chi connectivity index (χ4n) is 0. The third-order valence-corrected chi connectivity index (χ3v) is 0. The molecular weight excluding hydrogens is 389 g/mol. The Kier molecular flexibility index (Phi) is 141. The summed E-state index contributed by atoms with van der Waals surface area (Å²) in [5.74, 6) is 0. The van der Waals surface area contributed by atoms with Crippen LogP contribution >= 0.6 is 0 Å². The Morgan fingerprint density at radius 3 is 0.750 bits per heavy atom. The summed E-state index contributed by atoms with van der Waals surface area (Å²) < 4.78 is 0. The van der Waals surface area contributed by atoms with Crippen molar-refractivity contribution in [2.24, 2.45) is 0 Å². The van der Waals surface area contributed by atoms with Crippen LogP contribution in [0.5, 0.6) is 0 Å². The summed E-state index contributed by atoms with van der Waals surface area (Å²) in [5, 5.41) is 0. The van der Waals surface area contributed by atoms with Crippen molar-refractivity contribution in [1.82, 2.24) is 0 Å². The fourth-order valence-corrected chi connectivity index (χ4v) is 0. The van der Waals surface area contributed by atoms with Gasteiger partial charge in [0.05, 0.1) is 0 Å². The van der Waals surface area contributed by atoms with Gasteiger partial charge in [-0.1, -0.05) is 0 Å². The van der Waals surface area contributed by atoms with Gasteiger partial charge in [0, 0.05) is 27.3 Å². The molecular formula is Cu2MnPb+4. The van der Waals surface area contributed by atoms with E-state index in [1.54, 1.807) is 0 Å². The number of rotatable bonds is 0. The van der Waals surface area contributed by atoms with Gasteiger partial charge in [-0.2, -0.15) is 0 Å². The smallest absolute Gasteiger partial charge is 0 e. The van der Waals surface area contributed by atoms with Crippen molar-refractivity contribution >= 4 is 27.3 Å². The van der Waals surface area contributed by atoms with Gasteiger partial charge in [0.15, 0.2) is 0 Å². The second-order valence-corrected chi connectivity index (χ2v) is 0. The summed E-state index contributed by atoms with van der Waals surface area (Å²) in [6.07, 6.45) is 0. The molecule has 0 aromatic carbocycles. The van der Waals surface area contributed by atoms with E-state index in [9.17, 15) is 0 Å². The van der Waals surface area contributed by atoms with Crippen LogP contribution in [0.3, 0.4) is 0 Å². The Balaban J connectivity index is 0. The van der Waals surface area contributed by atoms with Gasteiger partial charge in [-0.3, -0.25) is 0 Å². The van der Waals surface area contributed by atoms with Gasteiger partial charge >= 0.3 is 51.2 Å². The van der Waals surface area contributed by atoms with Gasteiger partial charge < -0.3 is 0 Å². The standard InChI is InChI=1S/2Cu.Mn.Pb/q2*+1;+2;. The molecule has 0 aliphatic rings. The quantitative estimate of drug-likeness (QED) is 0.496. The zero-order valence-corrected chi connectivity index (χ0v) is 8.43. The Hall–Kier alpha value is 2.48. The number of hydrogen-bond donors (Lipinski definition) is 0. The van der Waals surface area contributed by atoms with Crippen LogP contribution in [-0.2, 0) is 51.2 Å². The maximum atomic E-state index is 0. The van der Waals surface area contributed by atoms with Crippen LogP contribution in [0.2, 0.25) is 0 Å². The van der Waals surface area contributed by atoms with Gasteiger partial charge in [-0.15, -0.1) is 0 Å². The second-order valence-electron chi connectivity index (χ2n) is 0. The first-order chi connectivity index (χ1) is 0. The molecule has 0 amide bonds. The minimum absolute atomic E-state index is 0. The van der Waals surface area contributed by atoms with Crippen LogP contribution in [0.25, 0.3) is 0 Å².